The maximum Gasteiger partial charge on any atom is 0.200 e. The summed E-state index contributed by atoms with van der Waals surface area (Å²) < 4.78 is 16.7. The van der Waals surface area contributed by atoms with E-state index in [9.17, 15) is 66.1 Å². The molecular weight excluding hydrogens is 568 g/mol. The molecule has 0 spiro atoms. The molecule has 42 heavy (non-hydrogen) atoms. The number of benzene rings is 2. The molecule has 9 atom stereocenters. The van der Waals surface area contributed by atoms with Gasteiger partial charge in [0.2, 0.25) is 0 Å². The molecule has 0 unspecified atom stereocenters. The number of hydrogen-bond donors (Lipinski definition) is 12. The highest BCUT2D eigenvalue weighted by Gasteiger charge is 2.48. The summed E-state index contributed by atoms with van der Waals surface area (Å²) in [4.78, 5) is 13.4. The molecule has 12 N–H and O–H groups in total. The van der Waals surface area contributed by atoms with E-state index in [2.05, 4.69) is 0 Å². The molecule has 5 rings (SSSR count). The van der Waals surface area contributed by atoms with Gasteiger partial charge in [0.15, 0.2) is 28.3 Å². The van der Waals surface area contributed by atoms with Crippen molar-refractivity contribution >= 4 is 11.0 Å². The predicted molar refractivity (Wildman–Crippen MR) is 136 cm³/mol. The van der Waals surface area contributed by atoms with Gasteiger partial charge in [0.05, 0.1) is 24.3 Å². The Bertz CT molecular complexity index is 1540. The monoisotopic (exact) mass is 596 g/mol. The van der Waals surface area contributed by atoms with Crippen molar-refractivity contribution < 1.29 is 75.2 Å². The number of rotatable bonds is 4. The third-order valence-corrected chi connectivity index (χ3v) is 7.51. The number of fused-ring (bicyclic) bond motifs is 1. The molecule has 2 saturated heterocycles. The summed E-state index contributed by atoms with van der Waals surface area (Å²) >= 11 is 0. The number of ether oxygens (including phenoxy) is 2. The van der Waals surface area contributed by atoms with Crippen LogP contribution in [0.5, 0.6) is 28.7 Å². The Labute approximate surface area is 234 Å². The predicted octanol–water partition coefficient (Wildman–Crippen LogP) is -2.34. The molecule has 0 saturated carbocycles. The van der Waals surface area contributed by atoms with Gasteiger partial charge in [-0.1, -0.05) is 0 Å². The summed E-state index contributed by atoms with van der Waals surface area (Å²) in [6.07, 6.45) is -16.3. The van der Waals surface area contributed by atoms with Crippen LogP contribution in [0.25, 0.3) is 22.3 Å². The van der Waals surface area contributed by atoms with Gasteiger partial charge < -0.3 is 75.2 Å². The normalized spacial score (nSPS) is 31.8. The van der Waals surface area contributed by atoms with E-state index in [4.69, 9.17) is 13.9 Å². The van der Waals surface area contributed by atoms with E-state index in [1.54, 1.807) is 0 Å². The lowest BCUT2D eigenvalue weighted by Crippen LogP contribution is -2.55. The van der Waals surface area contributed by atoms with Crippen LogP contribution in [0.1, 0.15) is 23.3 Å². The smallest absolute Gasteiger partial charge is 0.200 e. The van der Waals surface area contributed by atoms with Gasteiger partial charge in [-0.3, -0.25) is 4.79 Å². The van der Waals surface area contributed by atoms with E-state index >= 15 is 0 Å². The van der Waals surface area contributed by atoms with Crippen molar-refractivity contribution in [2.75, 3.05) is 13.2 Å². The van der Waals surface area contributed by atoms with E-state index in [1.165, 1.54) is 0 Å². The quantitative estimate of drug-likeness (QED) is 0.140. The van der Waals surface area contributed by atoms with E-state index in [1.807, 2.05) is 0 Å². The molecule has 2 aliphatic heterocycles. The van der Waals surface area contributed by atoms with Gasteiger partial charge in [-0.25, -0.2) is 0 Å². The minimum Gasteiger partial charge on any atom is -0.507 e. The number of phenolic OH excluding ortho intramolecular Hbond substituents is 5. The van der Waals surface area contributed by atoms with Gasteiger partial charge in [-0.15, -0.1) is 0 Å². The summed E-state index contributed by atoms with van der Waals surface area (Å²) in [7, 11) is 0. The fourth-order valence-corrected chi connectivity index (χ4v) is 5.23. The zero-order valence-corrected chi connectivity index (χ0v) is 21.3. The Morgan fingerprint density at radius 1 is 0.714 bits per heavy atom. The average Bonchev–Trinajstić information content (AvgIpc) is 2.95. The number of aliphatic hydroxyl groups is 7. The van der Waals surface area contributed by atoms with Crippen LogP contribution < -0.4 is 5.43 Å². The standard InChI is InChI=1S/C26H28O16/c27-4-12-18(34)21(37)23(39)26(42-12)15-20(36)14(25-22(38)17(33)10(31)5-40-25)19(35)13-7(28)3-11(41-24(13)15)6-1-8(29)16(32)9(30)2-6/h1-3,10,12,17-18,21-23,25-27,29-39H,4-5H2/t10-,12+,17-,18+,21-,22+,23+,25-,26-/m0/s1. The van der Waals surface area contributed by atoms with Crippen LogP contribution in [-0.2, 0) is 9.47 Å². The summed E-state index contributed by atoms with van der Waals surface area (Å²) in [5.74, 6) is -4.89. The molecule has 3 heterocycles. The Morgan fingerprint density at radius 3 is 1.95 bits per heavy atom. The van der Waals surface area contributed by atoms with Gasteiger partial charge >= 0.3 is 0 Å². The SMILES string of the molecule is O=c1cc(-c2cc(O)c(O)c(O)c2)oc2c([C@@H]3O[C@H](CO)[C@@H](O)[C@H](O)[C@H]3O)c(O)c([C@@H]3OC[C@H](O)[C@H](O)[C@H]3O)c(O)c12. The highest BCUT2D eigenvalue weighted by Crippen LogP contribution is 2.50. The molecular formula is C26H28O16. The highest BCUT2D eigenvalue weighted by atomic mass is 16.5. The maximum absolute atomic E-state index is 13.4. The molecule has 16 heteroatoms. The van der Waals surface area contributed by atoms with Crippen LogP contribution in [0.4, 0.5) is 0 Å². The van der Waals surface area contributed by atoms with Crippen molar-refractivity contribution in [3.05, 3.63) is 39.5 Å². The van der Waals surface area contributed by atoms with E-state index in [-0.39, 0.29) is 5.56 Å². The zero-order chi connectivity index (χ0) is 30.8. The Kier molecular flexibility index (Phi) is 7.69. The van der Waals surface area contributed by atoms with E-state index in [0.717, 1.165) is 18.2 Å². The van der Waals surface area contributed by atoms with Crippen molar-refractivity contribution in [3.63, 3.8) is 0 Å². The number of phenols is 5. The Hall–Kier alpha value is -3.71. The van der Waals surface area contributed by atoms with Crippen molar-refractivity contribution in [1.29, 1.82) is 0 Å². The fraction of sp³-hybridized carbons (Fsp3) is 0.423. The maximum atomic E-state index is 13.4. The van der Waals surface area contributed by atoms with Gasteiger partial charge in [-0.05, 0) is 12.1 Å². The first-order valence-corrected chi connectivity index (χ1v) is 12.6. The molecule has 0 bridgehead atoms. The summed E-state index contributed by atoms with van der Waals surface area (Å²) in [5, 5.41) is 124. The number of aliphatic hydroxyl groups excluding tert-OH is 7. The van der Waals surface area contributed by atoms with Crippen molar-refractivity contribution in [3.8, 4) is 40.1 Å². The summed E-state index contributed by atoms with van der Waals surface area (Å²) in [5.41, 5.74) is -3.18. The summed E-state index contributed by atoms with van der Waals surface area (Å²) in [6, 6.07) is 2.64. The third-order valence-electron chi connectivity index (χ3n) is 7.51. The van der Waals surface area contributed by atoms with Gasteiger partial charge in [0.1, 0.15) is 77.6 Å². The summed E-state index contributed by atoms with van der Waals surface area (Å²) in [6.45, 7) is -1.45. The van der Waals surface area contributed by atoms with Crippen molar-refractivity contribution in [1.82, 2.24) is 0 Å². The molecule has 2 aromatic carbocycles. The highest BCUT2D eigenvalue weighted by molar-refractivity contribution is 5.92. The van der Waals surface area contributed by atoms with Crippen molar-refractivity contribution in [2.24, 2.45) is 0 Å². The lowest BCUT2D eigenvalue weighted by molar-refractivity contribution is -0.231. The molecule has 228 valence electrons. The second kappa shape index (κ2) is 10.8. The second-order valence-electron chi connectivity index (χ2n) is 10.1. The lowest BCUT2D eigenvalue weighted by Gasteiger charge is -2.41. The second-order valence-corrected chi connectivity index (χ2v) is 10.1. The molecule has 0 amide bonds. The molecule has 3 aromatic rings. The Morgan fingerprint density at radius 2 is 1.33 bits per heavy atom. The van der Waals surface area contributed by atoms with Gasteiger partial charge in [-0.2, -0.15) is 0 Å². The first-order chi connectivity index (χ1) is 19.8. The van der Waals surface area contributed by atoms with Gasteiger partial charge in [0, 0.05) is 11.6 Å². The number of aromatic hydroxyl groups is 5. The minimum absolute atomic E-state index is 0.173. The van der Waals surface area contributed by atoms with E-state index < -0.39 is 130 Å². The van der Waals surface area contributed by atoms with Crippen LogP contribution in [0.3, 0.4) is 0 Å². The fourth-order valence-electron chi connectivity index (χ4n) is 5.23. The lowest BCUT2D eigenvalue weighted by atomic mass is 9.85. The largest absolute Gasteiger partial charge is 0.507 e. The van der Waals surface area contributed by atoms with E-state index in [0.29, 0.717) is 0 Å². The Balaban J connectivity index is 1.83. The first-order valence-electron chi connectivity index (χ1n) is 12.6. The van der Waals surface area contributed by atoms with Crippen LogP contribution in [0.15, 0.2) is 27.4 Å². The molecule has 16 nitrogen and oxygen atoms in total. The molecule has 0 radical (unpaired) electrons. The topological polar surface area (TPSA) is 291 Å². The third kappa shape index (κ3) is 4.58. The zero-order valence-electron chi connectivity index (χ0n) is 21.3. The van der Waals surface area contributed by atoms with Crippen LogP contribution >= 0.6 is 0 Å². The molecule has 2 aliphatic rings. The van der Waals surface area contributed by atoms with Crippen molar-refractivity contribution in [2.45, 2.75) is 54.9 Å². The van der Waals surface area contributed by atoms with Crippen LogP contribution in [-0.4, -0.2) is 117 Å². The first kappa shape index (κ1) is 29.8. The molecule has 2 fully saturated rings. The molecule has 1 aromatic heterocycles. The molecule has 0 aliphatic carbocycles. The van der Waals surface area contributed by atoms with Crippen LogP contribution in [0, 0.1) is 0 Å². The average molecular weight is 596 g/mol. The van der Waals surface area contributed by atoms with Crippen LogP contribution in [0.2, 0.25) is 0 Å². The minimum atomic E-state index is -2.05. The number of hydrogen-bond acceptors (Lipinski definition) is 16. The van der Waals surface area contributed by atoms with Gasteiger partial charge in [0.25, 0.3) is 0 Å².